The number of benzene rings is 1. The van der Waals surface area contributed by atoms with Gasteiger partial charge in [0, 0.05) is 16.9 Å². The van der Waals surface area contributed by atoms with Gasteiger partial charge in [-0.25, -0.2) is 0 Å². The molecule has 2 saturated heterocycles. The van der Waals surface area contributed by atoms with Crippen LogP contribution >= 0.6 is 71.0 Å². The average Bonchev–Trinajstić information content (AvgIpc) is 3.20. The molecule has 198 valence electrons. The van der Waals surface area contributed by atoms with Crippen LogP contribution in [0.2, 0.25) is 0 Å². The van der Waals surface area contributed by atoms with Crippen molar-refractivity contribution in [1.82, 2.24) is 9.80 Å². The number of imide groups is 2. The van der Waals surface area contributed by atoms with E-state index in [0.29, 0.717) is 15.6 Å². The number of fused-ring (bicyclic) bond motifs is 4. The molecule has 0 aromatic heterocycles. The van der Waals surface area contributed by atoms with Crippen LogP contribution in [0.25, 0.3) is 0 Å². The lowest BCUT2D eigenvalue weighted by atomic mass is 9.56. The van der Waals surface area contributed by atoms with Gasteiger partial charge in [0.15, 0.2) is 21.2 Å². The number of alkyl halides is 3. The van der Waals surface area contributed by atoms with Crippen LogP contribution in [0.5, 0.6) is 11.5 Å². The second-order valence-electron chi connectivity index (χ2n) is 9.55. The molecule has 13 heteroatoms. The maximum absolute atomic E-state index is 13.8. The third-order valence-electron chi connectivity index (χ3n) is 8.13. The van der Waals surface area contributed by atoms with E-state index >= 15 is 0 Å². The van der Waals surface area contributed by atoms with Crippen LogP contribution in [-0.4, -0.2) is 67.4 Å². The first-order valence-electron chi connectivity index (χ1n) is 11.5. The number of carbonyl (C=O) groups excluding carboxylic acids is 4. The van der Waals surface area contributed by atoms with Crippen molar-refractivity contribution in [2.45, 2.75) is 35.4 Å². The van der Waals surface area contributed by atoms with Crippen LogP contribution < -0.4 is 4.74 Å². The van der Waals surface area contributed by atoms with Crippen LogP contribution in [-0.2, 0) is 19.2 Å². The maximum atomic E-state index is 13.8. The number of nitrogens with zero attached hydrogens (tertiary/aromatic N) is 2. The Morgan fingerprint density at radius 3 is 2.35 bits per heavy atom. The number of allylic oxidation sites excluding steroid dienone is 2. The molecular formula is C24H21Br3Cl2N2O6. The number of methoxy groups -OCH3 is 1. The lowest BCUT2D eigenvalue weighted by Crippen LogP contribution is -2.60. The normalized spacial score (nSPS) is 34.9. The van der Waals surface area contributed by atoms with E-state index in [4.69, 9.17) is 27.9 Å². The van der Waals surface area contributed by atoms with Gasteiger partial charge in [-0.3, -0.25) is 29.0 Å². The quantitative estimate of drug-likeness (QED) is 0.209. The molecule has 2 aliphatic heterocycles. The first-order chi connectivity index (χ1) is 17.4. The molecule has 0 spiro atoms. The first-order valence-corrected chi connectivity index (χ1v) is 15.0. The molecule has 3 fully saturated rings. The summed E-state index contributed by atoms with van der Waals surface area (Å²) in [6.45, 7) is 1.98. The summed E-state index contributed by atoms with van der Waals surface area (Å²) in [5.41, 5.74) is 0.989. The maximum Gasteiger partial charge on any atom is 0.254 e. The Hall–Kier alpha value is -1.14. The zero-order valence-electron chi connectivity index (χ0n) is 19.6. The smallest absolute Gasteiger partial charge is 0.254 e. The van der Waals surface area contributed by atoms with E-state index in [-0.39, 0.29) is 52.6 Å². The Balaban J connectivity index is 1.80. The van der Waals surface area contributed by atoms with Gasteiger partial charge in [-0.2, -0.15) is 0 Å². The van der Waals surface area contributed by atoms with Crippen LogP contribution in [0.3, 0.4) is 0 Å². The van der Waals surface area contributed by atoms with Crippen LogP contribution in [0.15, 0.2) is 26.7 Å². The Labute approximate surface area is 248 Å². The predicted molar refractivity (Wildman–Crippen MR) is 146 cm³/mol. The number of likely N-dealkylation sites (tertiary alicyclic amines) is 2. The molecule has 1 N–H and O–H groups in total. The number of hydrogen-bond acceptors (Lipinski definition) is 6. The summed E-state index contributed by atoms with van der Waals surface area (Å²) in [5.74, 6) is -4.85. The Morgan fingerprint density at radius 2 is 1.76 bits per heavy atom. The van der Waals surface area contributed by atoms with Crippen LogP contribution in [0.1, 0.15) is 31.2 Å². The monoisotopic (exact) mass is 740 g/mol. The molecule has 1 aromatic carbocycles. The molecule has 1 aromatic rings. The molecule has 6 unspecified atom stereocenters. The number of aromatic hydroxyl groups is 1. The largest absolute Gasteiger partial charge is 0.503 e. The average molecular weight is 744 g/mol. The number of phenolic OH excluding ortho intramolecular Hbond substituents is 1. The van der Waals surface area contributed by atoms with Crippen LogP contribution in [0, 0.1) is 17.8 Å². The topological polar surface area (TPSA) is 104 Å². The van der Waals surface area contributed by atoms with E-state index < -0.39 is 45.2 Å². The van der Waals surface area contributed by atoms with Crippen LogP contribution in [0.4, 0.5) is 0 Å². The third kappa shape index (κ3) is 3.36. The molecule has 2 heterocycles. The SMILES string of the molecule is CCN1C(=O)C2CC=C3C(CC4(Cl)C(=O)N(CBr)C(=O)C4(Cl)C3c3cc(OC)c(O)c(Br)c3Br)C2C1=O. The molecule has 5 rings (SSSR count). The number of phenols is 1. The predicted octanol–water partition coefficient (Wildman–Crippen LogP) is 4.66. The van der Waals surface area contributed by atoms with E-state index in [0.717, 1.165) is 4.90 Å². The minimum Gasteiger partial charge on any atom is -0.503 e. The summed E-state index contributed by atoms with van der Waals surface area (Å²) >= 11 is 24.5. The number of rotatable bonds is 4. The van der Waals surface area contributed by atoms with Gasteiger partial charge in [-0.1, -0.05) is 27.6 Å². The third-order valence-corrected chi connectivity index (χ3v) is 12.2. The summed E-state index contributed by atoms with van der Waals surface area (Å²) in [4.78, 5) is 52.3. The lowest BCUT2D eigenvalue weighted by Gasteiger charge is -2.51. The standard InChI is InChI=1S/C24H21Br3Cl2N2O6/c1-3-30-19(33)10-5-4-9-12(14(10)20(30)34)7-23(28)21(35)31(8-25)22(36)24(23,29)15(9)11-6-13(37-2)18(32)17(27)16(11)26/h4,6,10,12,14-15,32H,3,5,7-8H2,1-2H3. The van der Waals surface area contributed by atoms with Crippen molar-refractivity contribution in [3.05, 3.63) is 32.2 Å². The van der Waals surface area contributed by atoms with Crippen molar-refractivity contribution >= 4 is 94.6 Å². The minimum atomic E-state index is -1.95. The molecule has 4 amide bonds. The van der Waals surface area contributed by atoms with Crippen molar-refractivity contribution < 1.29 is 29.0 Å². The van der Waals surface area contributed by atoms with E-state index in [2.05, 4.69) is 47.8 Å². The number of ether oxygens (including phenoxy) is 1. The highest BCUT2D eigenvalue weighted by Gasteiger charge is 2.76. The second kappa shape index (κ2) is 9.21. The van der Waals surface area contributed by atoms with Gasteiger partial charge in [-0.15, -0.1) is 23.2 Å². The molecule has 0 radical (unpaired) electrons. The molecule has 37 heavy (non-hydrogen) atoms. The van der Waals surface area contributed by atoms with E-state index in [1.54, 1.807) is 13.0 Å². The van der Waals surface area contributed by atoms with Gasteiger partial charge in [0.1, 0.15) is 0 Å². The molecule has 2 aliphatic carbocycles. The molecule has 0 bridgehead atoms. The van der Waals surface area contributed by atoms with Gasteiger partial charge in [0.25, 0.3) is 11.8 Å². The Bertz CT molecular complexity index is 1310. The van der Waals surface area contributed by atoms with E-state index in [1.165, 1.54) is 12.0 Å². The Kier molecular flexibility index (Phi) is 6.83. The summed E-state index contributed by atoms with van der Waals surface area (Å²) < 4.78 is 6.02. The van der Waals surface area contributed by atoms with Crippen molar-refractivity contribution in [1.29, 1.82) is 0 Å². The van der Waals surface area contributed by atoms with Crippen molar-refractivity contribution in [2.24, 2.45) is 17.8 Å². The molecule has 6 atom stereocenters. The van der Waals surface area contributed by atoms with E-state index in [9.17, 15) is 24.3 Å². The van der Waals surface area contributed by atoms with Crippen molar-refractivity contribution in [2.75, 3.05) is 19.1 Å². The van der Waals surface area contributed by atoms with Gasteiger partial charge in [0.05, 0.1) is 28.9 Å². The summed E-state index contributed by atoms with van der Waals surface area (Å²) in [6, 6.07) is 1.54. The van der Waals surface area contributed by atoms with Gasteiger partial charge in [0.2, 0.25) is 11.8 Å². The summed E-state index contributed by atoms with van der Waals surface area (Å²) in [6.07, 6.45) is 2.06. The van der Waals surface area contributed by atoms with Gasteiger partial charge in [-0.05, 0) is 69.2 Å². The van der Waals surface area contributed by atoms with E-state index in [1.807, 2.05) is 6.08 Å². The van der Waals surface area contributed by atoms with Crippen molar-refractivity contribution in [3.8, 4) is 11.5 Å². The molecule has 4 aliphatic rings. The molecule has 8 nitrogen and oxygen atoms in total. The fraction of sp³-hybridized carbons (Fsp3) is 0.500. The number of halogens is 5. The second-order valence-corrected chi connectivity index (χ2v) is 12.9. The fourth-order valence-electron chi connectivity index (χ4n) is 6.45. The highest BCUT2D eigenvalue weighted by Crippen LogP contribution is 2.66. The summed E-state index contributed by atoms with van der Waals surface area (Å²) in [5, 5.41) is 10.6. The molecule has 1 saturated carbocycles. The minimum absolute atomic E-state index is 0.0831. The highest BCUT2D eigenvalue weighted by atomic mass is 79.9. The van der Waals surface area contributed by atoms with Crippen molar-refractivity contribution in [3.63, 3.8) is 0 Å². The summed E-state index contributed by atoms with van der Waals surface area (Å²) in [7, 11) is 1.38. The fourth-order valence-corrected chi connectivity index (χ4v) is 8.83. The zero-order chi connectivity index (χ0) is 27.2. The number of carbonyl (C=O) groups is 4. The first kappa shape index (κ1) is 27.4. The zero-order valence-corrected chi connectivity index (χ0v) is 25.8. The van der Waals surface area contributed by atoms with Gasteiger partial charge < -0.3 is 9.84 Å². The van der Waals surface area contributed by atoms with Gasteiger partial charge >= 0.3 is 0 Å². The lowest BCUT2D eigenvalue weighted by molar-refractivity contribution is -0.141. The highest BCUT2D eigenvalue weighted by molar-refractivity contribution is 9.13. The number of hydrogen-bond donors (Lipinski definition) is 1. The Morgan fingerprint density at radius 1 is 1.08 bits per heavy atom. The number of amides is 4. The molecular weight excluding hydrogens is 723 g/mol.